The summed E-state index contributed by atoms with van der Waals surface area (Å²) in [4.78, 5) is 20.8. The fourth-order valence-corrected chi connectivity index (χ4v) is 3.87. The molecule has 1 atom stereocenters. The molecule has 1 amide bonds. The number of rotatable bonds is 8. The van der Waals surface area contributed by atoms with E-state index in [0.717, 1.165) is 29.0 Å². The molecule has 0 bridgehead atoms. The SMILES string of the molecule is COc1ccc(CCN2C(=O)CN(C)C2c2ccc(OCc3cccnc3)cc2)cc1. The summed E-state index contributed by atoms with van der Waals surface area (Å²) in [6, 6.07) is 19.9. The van der Waals surface area contributed by atoms with Crippen LogP contribution in [0.5, 0.6) is 11.5 Å². The molecule has 3 aromatic rings. The van der Waals surface area contributed by atoms with Crippen LogP contribution in [-0.2, 0) is 17.8 Å². The molecular weight excluding hydrogens is 390 g/mol. The molecule has 1 aliphatic heterocycles. The lowest BCUT2D eigenvalue weighted by Gasteiger charge is -2.28. The van der Waals surface area contributed by atoms with Crippen LogP contribution in [0.15, 0.2) is 73.1 Å². The first-order chi connectivity index (χ1) is 15.1. The summed E-state index contributed by atoms with van der Waals surface area (Å²) in [5, 5.41) is 0. The van der Waals surface area contributed by atoms with Gasteiger partial charge >= 0.3 is 0 Å². The number of carbonyl (C=O) groups is 1. The smallest absolute Gasteiger partial charge is 0.238 e. The predicted molar refractivity (Wildman–Crippen MR) is 119 cm³/mol. The minimum absolute atomic E-state index is 0.0712. The Morgan fingerprint density at radius 3 is 2.42 bits per heavy atom. The number of amides is 1. The van der Waals surface area contributed by atoms with Crippen molar-refractivity contribution in [2.75, 3.05) is 27.2 Å². The molecule has 6 nitrogen and oxygen atoms in total. The van der Waals surface area contributed by atoms with Gasteiger partial charge in [-0.3, -0.25) is 14.7 Å². The van der Waals surface area contributed by atoms with Crippen molar-refractivity contribution in [2.24, 2.45) is 0 Å². The third-order valence-corrected chi connectivity index (χ3v) is 5.52. The van der Waals surface area contributed by atoms with Gasteiger partial charge in [0.2, 0.25) is 5.91 Å². The number of aromatic nitrogens is 1. The molecule has 31 heavy (non-hydrogen) atoms. The molecular formula is C25H27N3O3. The third kappa shape index (κ3) is 5.03. The molecule has 0 N–H and O–H groups in total. The highest BCUT2D eigenvalue weighted by molar-refractivity contribution is 5.81. The average molecular weight is 418 g/mol. The van der Waals surface area contributed by atoms with Gasteiger partial charge in [-0.25, -0.2) is 0 Å². The zero-order chi connectivity index (χ0) is 21.6. The molecule has 4 rings (SSSR count). The van der Waals surface area contributed by atoms with Crippen molar-refractivity contribution in [3.8, 4) is 11.5 Å². The second-order valence-corrected chi connectivity index (χ2v) is 7.69. The Morgan fingerprint density at radius 1 is 1.00 bits per heavy atom. The van der Waals surface area contributed by atoms with Crippen LogP contribution in [0, 0.1) is 0 Å². The molecule has 1 fully saturated rings. The highest BCUT2D eigenvalue weighted by Gasteiger charge is 2.36. The van der Waals surface area contributed by atoms with Crippen LogP contribution < -0.4 is 9.47 Å². The van der Waals surface area contributed by atoms with E-state index in [2.05, 4.69) is 9.88 Å². The number of hydrogen-bond donors (Lipinski definition) is 0. The number of nitrogens with zero attached hydrogens (tertiary/aromatic N) is 3. The highest BCUT2D eigenvalue weighted by atomic mass is 16.5. The molecule has 0 spiro atoms. The Morgan fingerprint density at radius 2 is 1.74 bits per heavy atom. The number of pyridine rings is 1. The lowest BCUT2D eigenvalue weighted by Crippen LogP contribution is -2.32. The van der Waals surface area contributed by atoms with Crippen molar-refractivity contribution in [3.63, 3.8) is 0 Å². The predicted octanol–water partition coefficient (Wildman–Crippen LogP) is 3.68. The Hall–Kier alpha value is -3.38. The maximum Gasteiger partial charge on any atom is 0.238 e. The number of ether oxygens (including phenoxy) is 2. The lowest BCUT2D eigenvalue weighted by atomic mass is 10.1. The van der Waals surface area contributed by atoms with Crippen molar-refractivity contribution in [1.82, 2.24) is 14.8 Å². The van der Waals surface area contributed by atoms with Gasteiger partial charge in [-0.1, -0.05) is 30.3 Å². The molecule has 0 radical (unpaired) electrons. The fourth-order valence-electron chi connectivity index (χ4n) is 3.87. The van der Waals surface area contributed by atoms with Crippen molar-refractivity contribution in [2.45, 2.75) is 19.2 Å². The number of benzene rings is 2. The molecule has 0 saturated carbocycles. The summed E-state index contributed by atoms with van der Waals surface area (Å²) in [5.74, 6) is 1.78. The normalized spacial score (nSPS) is 16.5. The van der Waals surface area contributed by atoms with Crippen LogP contribution in [-0.4, -0.2) is 47.9 Å². The molecule has 1 saturated heterocycles. The van der Waals surface area contributed by atoms with E-state index in [-0.39, 0.29) is 12.1 Å². The minimum atomic E-state index is -0.0712. The molecule has 6 heteroatoms. The van der Waals surface area contributed by atoms with E-state index in [1.165, 1.54) is 5.56 Å². The van der Waals surface area contributed by atoms with Gasteiger partial charge in [0.25, 0.3) is 0 Å². The van der Waals surface area contributed by atoms with Gasteiger partial charge < -0.3 is 14.4 Å². The van der Waals surface area contributed by atoms with Crippen molar-refractivity contribution in [1.29, 1.82) is 0 Å². The van der Waals surface area contributed by atoms with Crippen molar-refractivity contribution in [3.05, 3.63) is 89.7 Å². The highest BCUT2D eigenvalue weighted by Crippen LogP contribution is 2.31. The summed E-state index contributed by atoms with van der Waals surface area (Å²) in [6.45, 7) is 1.56. The summed E-state index contributed by atoms with van der Waals surface area (Å²) in [5.41, 5.74) is 3.29. The summed E-state index contributed by atoms with van der Waals surface area (Å²) in [6.07, 6.45) is 4.27. The maximum absolute atomic E-state index is 12.7. The van der Waals surface area contributed by atoms with E-state index in [9.17, 15) is 4.79 Å². The lowest BCUT2D eigenvalue weighted by molar-refractivity contribution is -0.128. The third-order valence-electron chi connectivity index (χ3n) is 5.52. The number of methoxy groups -OCH3 is 1. The minimum Gasteiger partial charge on any atom is -0.497 e. The molecule has 2 aromatic carbocycles. The Balaban J connectivity index is 1.41. The molecule has 2 heterocycles. The standard InChI is InChI=1S/C25H27N3O3/c1-27-17-24(29)28(15-13-19-5-9-22(30-2)10-6-19)25(27)21-7-11-23(12-8-21)31-18-20-4-3-14-26-16-20/h3-12,14,16,25H,13,15,17-18H2,1-2H3. The average Bonchev–Trinajstić information content (AvgIpc) is 3.10. The van der Waals surface area contributed by atoms with Crippen molar-refractivity contribution >= 4 is 5.91 Å². The van der Waals surface area contributed by atoms with E-state index in [1.54, 1.807) is 19.5 Å². The van der Waals surface area contributed by atoms with Gasteiger partial charge in [-0.2, -0.15) is 0 Å². The quantitative estimate of drug-likeness (QED) is 0.560. The summed E-state index contributed by atoms with van der Waals surface area (Å²) >= 11 is 0. The maximum atomic E-state index is 12.7. The molecule has 1 unspecified atom stereocenters. The Kier molecular flexibility index (Phi) is 6.48. The van der Waals surface area contributed by atoms with E-state index in [0.29, 0.717) is 19.7 Å². The summed E-state index contributed by atoms with van der Waals surface area (Å²) < 4.78 is 11.1. The van der Waals surface area contributed by atoms with Gasteiger partial charge in [0.05, 0.1) is 13.7 Å². The molecule has 160 valence electrons. The van der Waals surface area contributed by atoms with Crippen molar-refractivity contribution < 1.29 is 14.3 Å². The Labute approximate surface area is 183 Å². The second kappa shape index (κ2) is 9.62. The second-order valence-electron chi connectivity index (χ2n) is 7.69. The molecule has 1 aromatic heterocycles. The van der Waals surface area contributed by atoms with Gasteiger partial charge in [0.15, 0.2) is 0 Å². The van der Waals surface area contributed by atoms with Crippen LogP contribution in [0.3, 0.4) is 0 Å². The monoisotopic (exact) mass is 417 g/mol. The van der Waals surface area contributed by atoms with E-state index >= 15 is 0 Å². The largest absolute Gasteiger partial charge is 0.497 e. The van der Waals surface area contributed by atoms with Crippen LogP contribution in [0.4, 0.5) is 0 Å². The zero-order valence-corrected chi connectivity index (χ0v) is 17.9. The number of hydrogen-bond acceptors (Lipinski definition) is 5. The first-order valence-electron chi connectivity index (χ1n) is 10.4. The van der Waals surface area contributed by atoms with Gasteiger partial charge in [0.1, 0.15) is 24.3 Å². The van der Waals surface area contributed by atoms with Crippen LogP contribution in [0.1, 0.15) is 22.9 Å². The van der Waals surface area contributed by atoms with Gasteiger partial charge in [-0.15, -0.1) is 0 Å². The Bertz CT molecular complexity index is 991. The number of likely N-dealkylation sites (N-methyl/N-ethyl adjacent to an activating group) is 1. The van der Waals surface area contributed by atoms with Crippen LogP contribution >= 0.6 is 0 Å². The topological polar surface area (TPSA) is 54.9 Å². The van der Waals surface area contributed by atoms with Gasteiger partial charge in [-0.05, 0) is 54.9 Å². The zero-order valence-electron chi connectivity index (χ0n) is 17.9. The molecule has 1 aliphatic rings. The van der Waals surface area contributed by atoms with E-state index < -0.39 is 0 Å². The first kappa shape index (κ1) is 20.9. The van der Waals surface area contributed by atoms with E-state index in [4.69, 9.17) is 9.47 Å². The fraction of sp³-hybridized carbons (Fsp3) is 0.280. The van der Waals surface area contributed by atoms with E-state index in [1.807, 2.05) is 72.6 Å². The van der Waals surface area contributed by atoms with Crippen LogP contribution in [0.2, 0.25) is 0 Å². The first-order valence-corrected chi connectivity index (χ1v) is 10.4. The number of carbonyl (C=O) groups excluding carboxylic acids is 1. The molecule has 0 aliphatic carbocycles. The summed E-state index contributed by atoms with van der Waals surface area (Å²) in [7, 11) is 3.65. The van der Waals surface area contributed by atoms with Gasteiger partial charge in [0, 0.05) is 24.5 Å². The van der Waals surface area contributed by atoms with Crippen LogP contribution in [0.25, 0.3) is 0 Å².